The van der Waals surface area contributed by atoms with Gasteiger partial charge in [0.1, 0.15) is 10.2 Å². The minimum Gasteiger partial charge on any atom is -0.368 e. The molecule has 0 bridgehead atoms. The molecule has 2 rings (SSSR count). The van der Waals surface area contributed by atoms with Gasteiger partial charge in [-0.2, -0.15) is 0 Å². The van der Waals surface area contributed by atoms with Crippen LogP contribution in [-0.2, 0) is 6.54 Å². The van der Waals surface area contributed by atoms with Crippen LogP contribution in [0, 0.1) is 0 Å². The van der Waals surface area contributed by atoms with E-state index in [0.717, 1.165) is 0 Å². The van der Waals surface area contributed by atoms with E-state index >= 15 is 0 Å². The number of aromatic nitrogens is 5. The number of halogens is 1. The molecule has 0 aromatic carbocycles. The lowest BCUT2D eigenvalue weighted by Crippen LogP contribution is -2.16. The van der Waals surface area contributed by atoms with Crippen LogP contribution in [0.15, 0.2) is 21.0 Å². The first-order valence-corrected chi connectivity index (χ1v) is 5.92. The van der Waals surface area contributed by atoms with Crippen molar-refractivity contribution in [3.05, 3.63) is 21.7 Å². The third-order valence-corrected chi connectivity index (χ3v) is 3.03. The molecule has 17 heavy (non-hydrogen) atoms. The van der Waals surface area contributed by atoms with Crippen molar-refractivity contribution in [3.8, 4) is 0 Å². The largest absolute Gasteiger partial charge is 0.368 e. The number of nitrogens with two attached hydrogens (primary N) is 1. The maximum Gasteiger partial charge on any atom is 0.343 e. The van der Waals surface area contributed by atoms with Crippen LogP contribution in [0.4, 0.5) is 5.95 Å². The Morgan fingerprint density at radius 2 is 2.35 bits per heavy atom. The topological polar surface area (TPSA) is 102 Å². The van der Waals surface area contributed by atoms with Gasteiger partial charge in [0.2, 0.25) is 5.95 Å². The third kappa shape index (κ3) is 2.59. The van der Waals surface area contributed by atoms with Gasteiger partial charge in [0, 0.05) is 12.6 Å². The number of anilines is 1. The van der Waals surface area contributed by atoms with E-state index in [9.17, 15) is 4.79 Å². The zero-order valence-electron chi connectivity index (χ0n) is 8.85. The number of aromatic amines is 1. The van der Waals surface area contributed by atoms with Crippen molar-refractivity contribution in [1.29, 1.82) is 0 Å². The minimum atomic E-state index is -0.261. The van der Waals surface area contributed by atoms with E-state index in [-0.39, 0.29) is 16.8 Å². The van der Waals surface area contributed by atoms with Crippen LogP contribution in [-0.4, -0.2) is 24.7 Å². The van der Waals surface area contributed by atoms with Crippen molar-refractivity contribution < 1.29 is 0 Å². The Morgan fingerprint density at radius 1 is 1.59 bits per heavy atom. The molecule has 0 spiro atoms. The van der Waals surface area contributed by atoms with Gasteiger partial charge in [-0.05, 0) is 18.7 Å². The maximum atomic E-state index is 11.3. The first kappa shape index (κ1) is 11.9. The molecule has 0 atom stereocenters. The van der Waals surface area contributed by atoms with Crippen molar-refractivity contribution in [1.82, 2.24) is 24.7 Å². The second-order valence-corrected chi connectivity index (χ2v) is 4.42. The fourth-order valence-corrected chi connectivity index (χ4v) is 2.38. The van der Waals surface area contributed by atoms with Crippen molar-refractivity contribution in [3.63, 3.8) is 0 Å². The molecule has 0 aliphatic carbocycles. The van der Waals surface area contributed by atoms with Gasteiger partial charge in [0.15, 0.2) is 5.16 Å². The Balaban J connectivity index is 2.34. The van der Waals surface area contributed by atoms with E-state index in [1.54, 1.807) is 6.07 Å². The third-order valence-electron chi connectivity index (χ3n) is 1.92. The summed E-state index contributed by atoms with van der Waals surface area (Å²) in [4.78, 5) is 19.1. The van der Waals surface area contributed by atoms with Crippen molar-refractivity contribution >= 4 is 29.3 Å². The van der Waals surface area contributed by atoms with Gasteiger partial charge in [0.25, 0.3) is 0 Å². The fraction of sp³-hybridized carbons (Fsp3) is 0.250. The SMILES string of the molecule is CCn1c(Sc2cc(Cl)nc(N)n2)n[nH]c1=O. The summed E-state index contributed by atoms with van der Waals surface area (Å²) in [6.45, 7) is 2.37. The molecule has 0 unspecified atom stereocenters. The van der Waals surface area contributed by atoms with E-state index in [1.165, 1.54) is 16.3 Å². The van der Waals surface area contributed by atoms with Crippen molar-refractivity contribution in [2.45, 2.75) is 23.7 Å². The van der Waals surface area contributed by atoms with Gasteiger partial charge >= 0.3 is 5.69 Å². The van der Waals surface area contributed by atoms with E-state index in [0.29, 0.717) is 16.7 Å². The second-order valence-electron chi connectivity index (χ2n) is 3.04. The first-order valence-electron chi connectivity index (χ1n) is 4.73. The van der Waals surface area contributed by atoms with Crippen LogP contribution in [0.3, 0.4) is 0 Å². The Kier molecular flexibility index (Phi) is 3.34. The molecular formula is C8H9ClN6OS. The highest BCUT2D eigenvalue weighted by Crippen LogP contribution is 2.25. The molecule has 2 aromatic rings. The molecular weight excluding hydrogens is 264 g/mol. The highest BCUT2D eigenvalue weighted by molar-refractivity contribution is 7.99. The second kappa shape index (κ2) is 4.76. The van der Waals surface area contributed by atoms with Gasteiger partial charge < -0.3 is 5.73 Å². The molecule has 2 aromatic heterocycles. The summed E-state index contributed by atoms with van der Waals surface area (Å²) in [6.07, 6.45) is 0. The quantitative estimate of drug-likeness (QED) is 0.800. The van der Waals surface area contributed by atoms with Gasteiger partial charge in [-0.25, -0.2) is 19.9 Å². The number of H-pyrrole nitrogens is 1. The summed E-state index contributed by atoms with van der Waals surface area (Å²) < 4.78 is 1.48. The fourth-order valence-electron chi connectivity index (χ4n) is 1.22. The molecule has 2 heterocycles. The summed E-state index contributed by atoms with van der Waals surface area (Å²) in [7, 11) is 0. The molecule has 0 fully saturated rings. The summed E-state index contributed by atoms with van der Waals surface area (Å²) in [6, 6.07) is 1.56. The first-order chi connectivity index (χ1) is 8.10. The Hall–Kier alpha value is -1.54. The predicted octanol–water partition coefficient (Wildman–Crippen LogP) is 0.768. The number of hydrogen-bond acceptors (Lipinski definition) is 6. The molecule has 0 saturated heterocycles. The molecule has 0 saturated carbocycles. The van der Waals surface area contributed by atoms with Gasteiger partial charge in [-0.3, -0.25) is 4.57 Å². The number of nitrogens with zero attached hydrogens (tertiary/aromatic N) is 4. The van der Waals surface area contributed by atoms with E-state index < -0.39 is 0 Å². The lowest BCUT2D eigenvalue weighted by atomic mass is 10.7. The Labute approximate surface area is 105 Å². The average Bonchev–Trinajstić information content (AvgIpc) is 2.57. The summed E-state index contributed by atoms with van der Waals surface area (Å²) in [5, 5.41) is 7.55. The predicted molar refractivity (Wildman–Crippen MR) is 64.1 cm³/mol. The Bertz CT molecular complexity index is 574. The number of nitrogen functional groups attached to an aromatic ring is 1. The standard InChI is InChI=1S/C8H9ClN6OS/c1-2-15-7(16)13-14-8(15)17-5-3-4(9)11-6(10)12-5/h3H,2H2,1H3,(H,13,16)(H2,10,11,12). The van der Waals surface area contributed by atoms with Gasteiger partial charge in [-0.1, -0.05) is 11.6 Å². The summed E-state index contributed by atoms with van der Waals surface area (Å²) >= 11 is 6.95. The summed E-state index contributed by atoms with van der Waals surface area (Å²) in [5.74, 6) is 0.0842. The van der Waals surface area contributed by atoms with E-state index in [4.69, 9.17) is 17.3 Å². The molecule has 0 radical (unpaired) electrons. The van der Waals surface area contributed by atoms with Gasteiger partial charge in [-0.15, -0.1) is 5.10 Å². The van der Waals surface area contributed by atoms with Crippen LogP contribution in [0.5, 0.6) is 0 Å². The molecule has 90 valence electrons. The highest BCUT2D eigenvalue weighted by atomic mass is 35.5. The van der Waals surface area contributed by atoms with Crippen LogP contribution in [0.1, 0.15) is 6.92 Å². The zero-order chi connectivity index (χ0) is 12.4. The maximum absolute atomic E-state index is 11.3. The van der Waals surface area contributed by atoms with Crippen LogP contribution in [0.2, 0.25) is 5.15 Å². The minimum absolute atomic E-state index is 0.0842. The van der Waals surface area contributed by atoms with Crippen LogP contribution < -0.4 is 11.4 Å². The average molecular weight is 273 g/mol. The van der Waals surface area contributed by atoms with E-state index in [1.807, 2.05) is 6.92 Å². The molecule has 0 aliphatic heterocycles. The molecule has 0 aliphatic rings. The number of nitrogens with one attached hydrogen (secondary N) is 1. The lowest BCUT2D eigenvalue weighted by Gasteiger charge is -2.02. The van der Waals surface area contributed by atoms with Crippen LogP contribution >= 0.6 is 23.4 Å². The molecule has 7 nitrogen and oxygen atoms in total. The number of rotatable bonds is 3. The highest BCUT2D eigenvalue weighted by Gasteiger charge is 2.10. The van der Waals surface area contributed by atoms with Gasteiger partial charge in [0.05, 0.1) is 0 Å². The smallest absolute Gasteiger partial charge is 0.343 e. The molecule has 0 amide bonds. The van der Waals surface area contributed by atoms with Crippen molar-refractivity contribution in [2.75, 3.05) is 5.73 Å². The van der Waals surface area contributed by atoms with Crippen LogP contribution in [0.25, 0.3) is 0 Å². The Morgan fingerprint density at radius 3 is 3.00 bits per heavy atom. The van der Waals surface area contributed by atoms with E-state index in [2.05, 4.69) is 20.2 Å². The molecule has 3 N–H and O–H groups in total. The number of hydrogen-bond donors (Lipinski definition) is 2. The monoisotopic (exact) mass is 272 g/mol. The summed E-state index contributed by atoms with van der Waals surface area (Å²) in [5.41, 5.74) is 5.21. The zero-order valence-corrected chi connectivity index (χ0v) is 10.4. The normalized spacial score (nSPS) is 10.7. The van der Waals surface area contributed by atoms with Crippen molar-refractivity contribution in [2.24, 2.45) is 0 Å². The molecule has 9 heteroatoms. The lowest BCUT2D eigenvalue weighted by molar-refractivity contribution is 0.660.